The lowest BCUT2D eigenvalue weighted by atomic mass is 9.77. The van der Waals surface area contributed by atoms with E-state index >= 15 is 0 Å². The van der Waals surface area contributed by atoms with Crippen LogP contribution in [0.25, 0.3) is 0 Å². The molecule has 17 heavy (non-hydrogen) atoms. The molecule has 0 amide bonds. The third-order valence-electron chi connectivity index (χ3n) is 4.51. The summed E-state index contributed by atoms with van der Waals surface area (Å²) in [5.74, 6) is 2.81. The van der Waals surface area contributed by atoms with Crippen molar-refractivity contribution >= 4 is 12.2 Å². The van der Waals surface area contributed by atoms with Crippen LogP contribution in [0.2, 0.25) is 0 Å². The highest BCUT2D eigenvalue weighted by molar-refractivity contribution is 5.33. The molecular weight excluding hydrogens is 216 g/mol. The molecule has 0 N–H and O–H groups in total. The number of nitrogens with zero attached hydrogens (tertiary/aromatic N) is 2. The minimum Gasteiger partial charge on any atom is -0.211 e. The van der Waals surface area contributed by atoms with E-state index in [1.807, 2.05) is 0 Å². The van der Waals surface area contributed by atoms with Gasteiger partial charge in [-0.05, 0) is 55.8 Å². The number of hydrogen-bond donors (Lipinski definition) is 0. The second-order valence-electron chi connectivity index (χ2n) is 5.21. The van der Waals surface area contributed by atoms with Crippen molar-refractivity contribution in [2.75, 3.05) is 13.1 Å². The molecule has 2 saturated carbocycles. The zero-order chi connectivity index (χ0) is 12.1. The molecule has 0 spiro atoms. The van der Waals surface area contributed by atoms with Gasteiger partial charge < -0.3 is 0 Å². The Morgan fingerprint density at radius 1 is 1.00 bits per heavy atom. The summed E-state index contributed by atoms with van der Waals surface area (Å²) in [5.41, 5.74) is 0. The monoisotopic (exact) mass is 234 g/mol. The smallest absolute Gasteiger partial charge is 0.211 e. The van der Waals surface area contributed by atoms with Gasteiger partial charge in [0.05, 0.1) is 13.1 Å². The number of carbonyl (C=O) groups excluding carboxylic acids is 2. The van der Waals surface area contributed by atoms with Crippen LogP contribution < -0.4 is 0 Å². The Kier molecular flexibility index (Phi) is 4.24. The molecule has 92 valence electrons. The standard InChI is InChI=1S/C13H18N2O2/c16-8-14-5-1-2-12-10-3-4-11(6-10)13(12)7-15-9-17/h10-13H,1-7H2. The SMILES string of the molecule is O=C=NCCCC1C2CCC(C2)C1CN=C=O. The van der Waals surface area contributed by atoms with E-state index in [0.717, 1.165) is 24.7 Å². The first kappa shape index (κ1) is 12.2. The molecular formula is C13H18N2O2. The molecule has 2 bridgehead atoms. The van der Waals surface area contributed by atoms with Crippen LogP contribution in [0.4, 0.5) is 0 Å². The molecule has 2 aliphatic rings. The Hall–Kier alpha value is -1.24. The molecule has 0 aromatic rings. The largest absolute Gasteiger partial charge is 0.234 e. The molecule has 0 aliphatic heterocycles. The van der Waals surface area contributed by atoms with Crippen LogP contribution in [0.5, 0.6) is 0 Å². The summed E-state index contributed by atoms with van der Waals surface area (Å²) >= 11 is 0. The van der Waals surface area contributed by atoms with E-state index in [1.54, 1.807) is 12.2 Å². The van der Waals surface area contributed by atoms with Crippen molar-refractivity contribution in [1.82, 2.24) is 0 Å². The van der Waals surface area contributed by atoms with Gasteiger partial charge >= 0.3 is 0 Å². The topological polar surface area (TPSA) is 58.9 Å². The average molecular weight is 234 g/mol. The maximum absolute atomic E-state index is 10.2. The van der Waals surface area contributed by atoms with E-state index in [-0.39, 0.29) is 0 Å². The normalized spacial score (nSPS) is 34.1. The maximum atomic E-state index is 10.2. The van der Waals surface area contributed by atoms with Gasteiger partial charge in [-0.15, -0.1) is 0 Å². The van der Waals surface area contributed by atoms with Gasteiger partial charge in [0, 0.05) is 0 Å². The van der Waals surface area contributed by atoms with Crippen molar-refractivity contribution in [3.63, 3.8) is 0 Å². The lowest BCUT2D eigenvalue weighted by Crippen LogP contribution is -2.25. The fraction of sp³-hybridized carbons (Fsp3) is 0.846. The number of aliphatic imine (C=N–C) groups is 2. The van der Waals surface area contributed by atoms with Crippen LogP contribution in [0.3, 0.4) is 0 Å². The summed E-state index contributed by atoms with van der Waals surface area (Å²) in [4.78, 5) is 27.6. The summed E-state index contributed by atoms with van der Waals surface area (Å²) in [5, 5.41) is 0. The van der Waals surface area contributed by atoms with E-state index < -0.39 is 0 Å². The quantitative estimate of drug-likeness (QED) is 0.401. The van der Waals surface area contributed by atoms with Crippen LogP contribution in [-0.4, -0.2) is 25.2 Å². The predicted octanol–water partition coefficient (Wildman–Crippen LogP) is 2.10. The number of rotatable bonds is 6. The highest BCUT2D eigenvalue weighted by Crippen LogP contribution is 2.53. The average Bonchev–Trinajstić information content (AvgIpc) is 2.93. The fourth-order valence-electron chi connectivity index (χ4n) is 3.86. The molecule has 0 heterocycles. The van der Waals surface area contributed by atoms with Crippen LogP contribution in [0.15, 0.2) is 9.98 Å². The Labute approximate surface area is 101 Å². The first-order chi connectivity index (χ1) is 8.36. The summed E-state index contributed by atoms with van der Waals surface area (Å²) < 4.78 is 0. The lowest BCUT2D eigenvalue weighted by Gasteiger charge is -2.29. The first-order valence-electron chi connectivity index (χ1n) is 6.44. The summed E-state index contributed by atoms with van der Waals surface area (Å²) in [6, 6.07) is 0. The van der Waals surface area contributed by atoms with Gasteiger partial charge in [-0.3, -0.25) is 0 Å². The highest BCUT2D eigenvalue weighted by Gasteiger charge is 2.46. The van der Waals surface area contributed by atoms with E-state index in [0.29, 0.717) is 24.9 Å². The van der Waals surface area contributed by atoms with E-state index in [9.17, 15) is 9.59 Å². The van der Waals surface area contributed by atoms with Crippen molar-refractivity contribution in [2.24, 2.45) is 33.7 Å². The number of isocyanates is 2. The Bertz CT molecular complexity index is 356. The van der Waals surface area contributed by atoms with Gasteiger partial charge in [-0.25, -0.2) is 19.6 Å². The molecule has 0 radical (unpaired) electrons. The third-order valence-corrected chi connectivity index (χ3v) is 4.51. The second kappa shape index (κ2) is 5.90. The van der Waals surface area contributed by atoms with Gasteiger partial charge in [0.1, 0.15) is 0 Å². The molecule has 4 heteroatoms. The Balaban J connectivity index is 1.88. The van der Waals surface area contributed by atoms with E-state index in [4.69, 9.17) is 0 Å². The summed E-state index contributed by atoms with van der Waals surface area (Å²) in [6.07, 6.45) is 9.22. The number of hydrogen-bond acceptors (Lipinski definition) is 4. The molecule has 0 aromatic heterocycles. The summed E-state index contributed by atoms with van der Waals surface area (Å²) in [6.45, 7) is 1.23. The molecule has 4 atom stereocenters. The van der Waals surface area contributed by atoms with Crippen molar-refractivity contribution in [3.8, 4) is 0 Å². The molecule has 2 aliphatic carbocycles. The Morgan fingerprint density at radius 3 is 2.41 bits per heavy atom. The minimum absolute atomic E-state index is 0.565. The zero-order valence-electron chi connectivity index (χ0n) is 9.97. The minimum atomic E-state index is 0.565. The van der Waals surface area contributed by atoms with Gasteiger partial charge in [-0.2, -0.15) is 0 Å². The van der Waals surface area contributed by atoms with Crippen molar-refractivity contribution in [1.29, 1.82) is 0 Å². The lowest BCUT2D eigenvalue weighted by molar-refractivity contribution is 0.212. The molecule has 4 unspecified atom stereocenters. The van der Waals surface area contributed by atoms with Gasteiger partial charge in [-0.1, -0.05) is 0 Å². The van der Waals surface area contributed by atoms with Crippen molar-refractivity contribution in [2.45, 2.75) is 32.1 Å². The zero-order valence-corrected chi connectivity index (χ0v) is 9.97. The van der Waals surface area contributed by atoms with E-state index in [1.165, 1.54) is 19.3 Å². The second-order valence-corrected chi connectivity index (χ2v) is 5.21. The number of fused-ring (bicyclic) bond motifs is 2. The molecule has 2 rings (SSSR count). The third kappa shape index (κ3) is 2.71. The van der Waals surface area contributed by atoms with Crippen LogP contribution in [-0.2, 0) is 9.59 Å². The summed E-state index contributed by atoms with van der Waals surface area (Å²) in [7, 11) is 0. The Morgan fingerprint density at radius 2 is 1.71 bits per heavy atom. The van der Waals surface area contributed by atoms with Crippen LogP contribution >= 0.6 is 0 Å². The molecule has 4 nitrogen and oxygen atoms in total. The van der Waals surface area contributed by atoms with Gasteiger partial charge in [0.15, 0.2) is 0 Å². The fourth-order valence-corrected chi connectivity index (χ4v) is 3.86. The van der Waals surface area contributed by atoms with Crippen molar-refractivity contribution < 1.29 is 9.59 Å². The van der Waals surface area contributed by atoms with Gasteiger partial charge in [0.2, 0.25) is 12.2 Å². The molecule has 0 saturated heterocycles. The first-order valence-corrected chi connectivity index (χ1v) is 6.44. The highest BCUT2D eigenvalue weighted by atomic mass is 16.1. The van der Waals surface area contributed by atoms with Crippen LogP contribution in [0.1, 0.15) is 32.1 Å². The van der Waals surface area contributed by atoms with E-state index in [2.05, 4.69) is 9.98 Å². The van der Waals surface area contributed by atoms with Crippen molar-refractivity contribution in [3.05, 3.63) is 0 Å². The maximum Gasteiger partial charge on any atom is 0.234 e. The molecule has 0 aromatic carbocycles. The molecule has 2 fully saturated rings. The predicted molar refractivity (Wildman–Crippen MR) is 63.0 cm³/mol. The van der Waals surface area contributed by atoms with Crippen LogP contribution in [0, 0.1) is 23.7 Å². The van der Waals surface area contributed by atoms with Gasteiger partial charge in [0.25, 0.3) is 0 Å².